The SMILES string of the molecule is COC(=O)c1c(NC(=O)C(C)Sc2cccc(NC(=O)/C(=C\c3ccc(Cl)cc3Cl)NC(=O)c3ccccc3)c2)sc2c1CCCC2. The highest BCUT2D eigenvalue weighted by Gasteiger charge is 2.28. The lowest BCUT2D eigenvalue weighted by Crippen LogP contribution is -2.30. The maximum atomic E-state index is 13.5. The van der Waals surface area contributed by atoms with Crippen LogP contribution in [0.25, 0.3) is 6.08 Å². The van der Waals surface area contributed by atoms with E-state index in [9.17, 15) is 19.2 Å². The molecule has 3 N–H and O–H groups in total. The van der Waals surface area contributed by atoms with Crippen LogP contribution in [0.1, 0.15) is 56.5 Å². The van der Waals surface area contributed by atoms with E-state index in [0.29, 0.717) is 37.4 Å². The molecule has 12 heteroatoms. The molecule has 1 unspecified atom stereocenters. The van der Waals surface area contributed by atoms with Crippen LogP contribution in [0.3, 0.4) is 0 Å². The van der Waals surface area contributed by atoms with Gasteiger partial charge in [0.05, 0.1) is 17.9 Å². The predicted molar refractivity (Wildman–Crippen MR) is 190 cm³/mol. The van der Waals surface area contributed by atoms with Gasteiger partial charge in [-0.25, -0.2) is 4.79 Å². The number of ether oxygens (including phenoxy) is 1. The molecular formula is C35H31Cl2N3O5S2. The summed E-state index contributed by atoms with van der Waals surface area (Å²) in [6.45, 7) is 1.77. The van der Waals surface area contributed by atoms with Gasteiger partial charge < -0.3 is 20.7 Å². The van der Waals surface area contributed by atoms with Gasteiger partial charge in [-0.3, -0.25) is 14.4 Å². The quantitative estimate of drug-likeness (QED) is 0.0869. The number of nitrogens with one attached hydrogen (secondary N) is 3. The standard InChI is InChI=1S/C35H31Cl2N3O5S2/c1-20(31(41)40-34-30(35(44)45-2)26-13-6-7-14-29(26)47-34)46-25-12-8-11-24(19-25)38-33(43)28(17-22-15-16-23(36)18-27(22)37)39-32(42)21-9-4-3-5-10-21/h3-5,8-12,15-20H,6-7,13-14H2,1-2H3,(H,38,43)(H,39,42)(H,40,41)/b28-17+. The first-order valence-corrected chi connectivity index (χ1v) is 17.2. The highest BCUT2D eigenvalue weighted by atomic mass is 35.5. The van der Waals surface area contributed by atoms with Crippen molar-refractivity contribution in [1.82, 2.24) is 5.32 Å². The molecule has 3 amide bonds. The van der Waals surface area contributed by atoms with E-state index in [1.807, 2.05) is 6.07 Å². The van der Waals surface area contributed by atoms with E-state index in [0.717, 1.165) is 41.0 Å². The molecule has 242 valence electrons. The molecule has 4 aromatic rings. The number of halogens is 2. The Morgan fingerprint density at radius 3 is 2.45 bits per heavy atom. The van der Waals surface area contributed by atoms with E-state index >= 15 is 0 Å². The summed E-state index contributed by atoms with van der Waals surface area (Å²) >= 11 is 15.1. The van der Waals surface area contributed by atoms with Crippen molar-refractivity contribution in [2.24, 2.45) is 0 Å². The first-order valence-electron chi connectivity index (χ1n) is 14.8. The van der Waals surface area contributed by atoms with Gasteiger partial charge in [0.2, 0.25) is 5.91 Å². The van der Waals surface area contributed by atoms with Gasteiger partial charge in [0.15, 0.2) is 0 Å². The Labute approximate surface area is 290 Å². The van der Waals surface area contributed by atoms with Gasteiger partial charge in [-0.15, -0.1) is 23.1 Å². The van der Waals surface area contributed by atoms with E-state index in [2.05, 4.69) is 16.0 Å². The molecule has 0 bridgehead atoms. The minimum Gasteiger partial charge on any atom is -0.465 e. The summed E-state index contributed by atoms with van der Waals surface area (Å²) in [6.07, 6.45) is 5.18. The fourth-order valence-corrected chi connectivity index (χ4v) is 7.67. The third kappa shape index (κ3) is 8.64. The minimum absolute atomic E-state index is 0.0334. The zero-order valence-electron chi connectivity index (χ0n) is 25.5. The fraction of sp³-hybridized carbons (Fsp3) is 0.200. The molecule has 3 aromatic carbocycles. The molecule has 47 heavy (non-hydrogen) atoms. The van der Waals surface area contributed by atoms with Crippen LogP contribution in [0, 0.1) is 0 Å². The van der Waals surface area contributed by atoms with Crippen LogP contribution in [0.5, 0.6) is 0 Å². The number of carbonyl (C=O) groups is 4. The maximum Gasteiger partial charge on any atom is 0.341 e. The van der Waals surface area contributed by atoms with Crippen LogP contribution >= 0.6 is 46.3 Å². The van der Waals surface area contributed by atoms with Crippen LogP contribution in [0.2, 0.25) is 10.0 Å². The number of rotatable bonds is 10. The third-order valence-electron chi connectivity index (χ3n) is 7.36. The smallest absolute Gasteiger partial charge is 0.341 e. The molecule has 1 aliphatic carbocycles. The second-order valence-corrected chi connectivity index (χ2v) is 14.0. The molecule has 0 saturated heterocycles. The Bertz CT molecular complexity index is 1860. The first kappa shape index (κ1) is 34.3. The Kier molecular flexibility index (Phi) is 11.4. The summed E-state index contributed by atoms with van der Waals surface area (Å²) in [5.41, 5.74) is 2.70. The molecule has 1 aromatic heterocycles. The number of esters is 1. The molecule has 0 fully saturated rings. The van der Waals surface area contributed by atoms with Crippen molar-refractivity contribution in [1.29, 1.82) is 0 Å². The van der Waals surface area contributed by atoms with Gasteiger partial charge >= 0.3 is 5.97 Å². The summed E-state index contributed by atoms with van der Waals surface area (Å²) in [6, 6.07) is 20.4. The molecule has 0 radical (unpaired) electrons. The van der Waals surface area contributed by atoms with Crippen molar-refractivity contribution in [2.45, 2.75) is 42.8 Å². The van der Waals surface area contributed by atoms with Gasteiger partial charge in [-0.1, -0.05) is 53.5 Å². The number of thioether (sulfide) groups is 1. The Balaban J connectivity index is 1.31. The highest BCUT2D eigenvalue weighted by Crippen LogP contribution is 2.39. The van der Waals surface area contributed by atoms with Gasteiger partial charge in [0.25, 0.3) is 11.8 Å². The summed E-state index contributed by atoms with van der Waals surface area (Å²) in [7, 11) is 1.34. The zero-order chi connectivity index (χ0) is 33.5. The van der Waals surface area contributed by atoms with Gasteiger partial charge in [0, 0.05) is 31.1 Å². The number of amides is 3. The molecule has 8 nitrogen and oxygen atoms in total. The maximum absolute atomic E-state index is 13.5. The topological polar surface area (TPSA) is 114 Å². The van der Waals surface area contributed by atoms with Gasteiger partial charge in [-0.2, -0.15) is 0 Å². The summed E-state index contributed by atoms with van der Waals surface area (Å²) in [5, 5.41) is 9.20. The molecule has 0 aliphatic heterocycles. The largest absolute Gasteiger partial charge is 0.465 e. The van der Waals surface area contributed by atoms with Crippen LogP contribution in [-0.2, 0) is 27.2 Å². The van der Waals surface area contributed by atoms with Crippen LogP contribution in [0.4, 0.5) is 10.7 Å². The second kappa shape index (κ2) is 15.7. The average molecular weight is 709 g/mol. The Morgan fingerprint density at radius 2 is 1.70 bits per heavy atom. The number of fused-ring (bicyclic) bond motifs is 1. The van der Waals surface area contributed by atoms with Gasteiger partial charge in [-0.05, 0) is 92.3 Å². The second-order valence-electron chi connectivity index (χ2n) is 10.7. The Hall–Kier alpha value is -4.09. The monoisotopic (exact) mass is 707 g/mol. The minimum atomic E-state index is -0.578. The predicted octanol–water partition coefficient (Wildman–Crippen LogP) is 8.25. The molecule has 5 rings (SSSR count). The summed E-state index contributed by atoms with van der Waals surface area (Å²) < 4.78 is 5.03. The lowest BCUT2D eigenvalue weighted by Gasteiger charge is -2.14. The summed E-state index contributed by atoms with van der Waals surface area (Å²) in [4.78, 5) is 54.2. The lowest BCUT2D eigenvalue weighted by atomic mass is 9.95. The molecule has 0 saturated carbocycles. The van der Waals surface area contributed by atoms with E-state index in [-0.39, 0.29) is 11.6 Å². The third-order valence-corrected chi connectivity index (χ3v) is 10.2. The van der Waals surface area contributed by atoms with E-state index < -0.39 is 23.0 Å². The molecule has 1 heterocycles. The fourth-order valence-electron chi connectivity index (χ4n) is 5.01. The number of hydrogen-bond donors (Lipinski definition) is 3. The number of anilines is 2. The summed E-state index contributed by atoms with van der Waals surface area (Å²) in [5.74, 6) is -1.76. The van der Waals surface area contributed by atoms with Crippen molar-refractivity contribution in [3.05, 3.63) is 116 Å². The van der Waals surface area contributed by atoms with E-state index in [1.54, 1.807) is 73.7 Å². The highest BCUT2D eigenvalue weighted by molar-refractivity contribution is 8.00. The Morgan fingerprint density at radius 1 is 0.936 bits per heavy atom. The molecule has 1 aliphatic rings. The number of thiophene rings is 1. The molecule has 1 atom stereocenters. The normalized spacial score (nSPS) is 13.2. The van der Waals surface area contributed by atoms with Gasteiger partial charge in [0.1, 0.15) is 10.7 Å². The lowest BCUT2D eigenvalue weighted by molar-refractivity contribution is -0.115. The number of carbonyl (C=O) groups excluding carboxylic acids is 4. The van der Waals surface area contributed by atoms with Crippen molar-refractivity contribution in [2.75, 3.05) is 17.7 Å². The van der Waals surface area contributed by atoms with Crippen molar-refractivity contribution >= 4 is 86.8 Å². The van der Waals surface area contributed by atoms with Crippen molar-refractivity contribution in [3.8, 4) is 0 Å². The first-order chi connectivity index (χ1) is 22.6. The number of hydrogen-bond acceptors (Lipinski definition) is 7. The van der Waals surface area contributed by atoms with E-state index in [1.165, 1.54) is 36.3 Å². The number of aryl methyl sites for hydroxylation is 1. The van der Waals surface area contributed by atoms with Crippen LogP contribution in [-0.4, -0.2) is 36.1 Å². The van der Waals surface area contributed by atoms with Crippen molar-refractivity contribution < 1.29 is 23.9 Å². The van der Waals surface area contributed by atoms with Crippen LogP contribution in [0.15, 0.2) is 83.4 Å². The number of benzene rings is 3. The zero-order valence-corrected chi connectivity index (χ0v) is 28.7. The number of methoxy groups -OCH3 is 1. The molecule has 0 spiro atoms. The van der Waals surface area contributed by atoms with Crippen molar-refractivity contribution in [3.63, 3.8) is 0 Å². The average Bonchev–Trinajstić information content (AvgIpc) is 3.43. The van der Waals surface area contributed by atoms with Crippen LogP contribution < -0.4 is 16.0 Å². The molecular weight excluding hydrogens is 677 g/mol. The van der Waals surface area contributed by atoms with E-state index in [4.69, 9.17) is 27.9 Å².